The van der Waals surface area contributed by atoms with Crippen LogP contribution in [0.2, 0.25) is 0 Å². The molecule has 0 aromatic carbocycles. The lowest BCUT2D eigenvalue weighted by molar-refractivity contribution is -0.177. The minimum Gasteiger partial charge on any atom is -0.447 e. The van der Waals surface area contributed by atoms with Crippen LogP contribution in [-0.4, -0.2) is 63.7 Å². The summed E-state index contributed by atoms with van der Waals surface area (Å²) in [6, 6.07) is 0. The molecule has 7 heteroatoms. The first kappa shape index (κ1) is 23.1. The van der Waals surface area contributed by atoms with Crippen LogP contribution < -0.4 is 0 Å². The highest BCUT2D eigenvalue weighted by atomic mass is 16.6. The first-order valence-electron chi connectivity index (χ1n) is 10.6. The molecule has 6 atom stereocenters. The molecule has 3 aliphatic carbocycles. The standard InChI is InChI=1S/C23H34O7/c1-12(2)19-16-9-18(25)13(3)15-7-8-22(27,11-29-6)17(15)10-23(16,28)21(5,20(19)26)30-14(4)24/h10,12-13,15,18,25,27-28H,7-9,11H2,1-6H3/b17-10+/t13-,15?,18+,21+,22+,23+/m1/s1. The summed E-state index contributed by atoms with van der Waals surface area (Å²) in [4.78, 5) is 25.4. The predicted molar refractivity (Wildman–Crippen MR) is 109 cm³/mol. The van der Waals surface area contributed by atoms with Gasteiger partial charge in [-0.1, -0.05) is 20.8 Å². The van der Waals surface area contributed by atoms with Crippen LogP contribution in [0, 0.1) is 17.8 Å². The molecule has 1 saturated carbocycles. The van der Waals surface area contributed by atoms with Crippen molar-refractivity contribution in [3.8, 4) is 0 Å². The summed E-state index contributed by atoms with van der Waals surface area (Å²) in [5.41, 5.74) is -3.89. The third kappa shape index (κ3) is 3.18. The number of rotatable bonds is 4. The lowest BCUT2D eigenvalue weighted by Gasteiger charge is -2.42. The highest BCUT2D eigenvalue weighted by Gasteiger charge is 2.65. The summed E-state index contributed by atoms with van der Waals surface area (Å²) >= 11 is 0. The molecule has 7 nitrogen and oxygen atoms in total. The van der Waals surface area contributed by atoms with E-state index in [0.29, 0.717) is 29.6 Å². The number of ketones is 1. The normalized spacial score (nSPS) is 43.1. The van der Waals surface area contributed by atoms with Crippen LogP contribution in [0.5, 0.6) is 0 Å². The van der Waals surface area contributed by atoms with E-state index < -0.39 is 34.7 Å². The highest BCUT2D eigenvalue weighted by molar-refractivity contribution is 6.09. The van der Waals surface area contributed by atoms with E-state index in [2.05, 4.69) is 0 Å². The van der Waals surface area contributed by atoms with Crippen molar-refractivity contribution in [3.05, 3.63) is 22.8 Å². The Kier molecular flexibility index (Phi) is 5.82. The SMILES string of the molecule is COC[C@@]1(O)CCC2/C1=C\[C@]1(O)C(=C(C(C)C)C(=O)[C@]1(C)OC(C)=O)C[C@H](O)[C@@H]2C. The van der Waals surface area contributed by atoms with E-state index in [1.807, 2.05) is 20.8 Å². The average molecular weight is 423 g/mol. The molecular formula is C23H34O7. The second-order valence-electron chi connectivity index (χ2n) is 9.61. The summed E-state index contributed by atoms with van der Waals surface area (Å²) in [5, 5.41) is 34.4. The van der Waals surface area contributed by atoms with Gasteiger partial charge in [-0.15, -0.1) is 0 Å². The third-order valence-corrected chi connectivity index (χ3v) is 7.32. The van der Waals surface area contributed by atoms with Crippen molar-refractivity contribution >= 4 is 11.8 Å². The predicted octanol–water partition coefficient (Wildman–Crippen LogP) is 1.69. The van der Waals surface area contributed by atoms with Crippen LogP contribution >= 0.6 is 0 Å². The molecule has 1 fully saturated rings. The fraction of sp³-hybridized carbons (Fsp3) is 0.739. The van der Waals surface area contributed by atoms with Crippen molar-refractivity contribution in [2.45, 2.75) is 76.8 Å². The molecule has 0 aromatic heterocycles. The Labute approximate surface area is 177 Å². The number of aliphatic hydroxyl groups excluding tert-OH is 1. The van der Waals surface area contributed by atoms with Gasteiger partial charge < -0.3 is 24.8 Å². The maximum Gasteiger partial charge on any atom is 0.303 e. The zero-order valence-electron chi connectivity index (χ0n) is 18.7. The molecule has 3 aliphatic rings. The Hall–Kier alpha value is -1.54. The molecule has 168 valence electrons. The van der Waals surface area contributed by atoms with Crippen LogP contribution in [0.25, 0.3) is 0 Å². The van der Waals surface area contributed by atoms with Crippen LogP contribution in [0.1, 0.15) is 53.9 Å². The minimum atomic E-state index is -1.96. The molecule has 30 heavy (non-hydrogen) atoms. The van der Waals surface area contributed by atoms with E-state index in [-0.39, 0.29) is 30.8 Å². The van der Waals surface area contributed by atoms with E-state index in [4.69, 9.17) is 9.47 Å². The first-order valence-corrected chi connectivity index (χ1v) is 10.6. The van der Waals surface area contributed by atoms with Crippen molar-refractivity contribution in [1.29, 1.82) is 0 Å². The average Bonchev–Trinajstić information content (AvgIpc) is 3.00. The first-order chi connectivity index (χ1) is 13.8. The van der Waals surface area contributed by atoms with Crippen LogP contribution in [0.15, 0.2) is 22.8 Å². The fourth-order valence-electron chi connectivity index (χ4n) is 5.68. The second kappa shape index (κ2) is 7.55. The maximum atomic E-state index is 13.5. The zero-order valence-corrected chi connectivity index (χ0v) is 18.7. The molecule has 0 amide bonds. The third-order valence-electron chi connectivity index (χ3n) is 7.32. The summed E-state index contributed by atoms with van der Waals surface area (Å²) in [5.74, 6) is -1.77. The lowest BCUT2D eigenvalue weighted by Crippen LogP contribution is -2.57. The quantitative estimate of drug-likeness (QED) is 0.467. The van der Waals surface area contributed by atoms with Gasteiger partial charge in [0.2, 0.25) is 11.4 Å². The molecule has 0 bridgehead atoms. The van der Waals surface area contributed by atoms with Crippen molar-refractivity contribution in [3.63, 3.8) is 0 Å². The summed E-state index contributed by atoms with van der Waals surface area (Å²) in [6.07, 6.45) is 1.83. The van der Waals surface area contributed by atoms with E-state index in [9.17, 15) is 24.9 Å². The number of hydrogen-bond acceptors (Lipinski definition) is 7. The molecule has 0 aliphatic heterocycles. The van der Waals surface area contributed by atoms with Gasteiger partial charge in [-0.05, 0) is 61.2 Å². The Bertz CT molecular complexity index is 812. The molecule has 0 radical (unpaired) electrons. The van der Waals surface area contributed by atoms with Gasteiger partial charge in [-0.25, -0.2) is 0 Å². The lowest BCUT2D eigenvalue weighted by atomic mass is 9.70. The number of aliphatic hydroxyl groups is 3. The van der Waals surface area contributed by atoms with Gasteiger partial charge in [-0.3, -0.25) is 9.59 Å². The number of Topliss-reactive ketones (excluding diaryl/α,β-unsaturated/α-hetero) is 1. The number of fused-ring (bicyclic) bond motifs is 2. The number of hydrogen-bond donors (Lipinski definition) is 3. The largest absolute Gasteiger partial charge is 0.447 e. The van der Waals surface area contributed by atoms with Crippen molar-refractivity contribution in [2.24, 2.45) is 17.8 Å². The molecule has 1 unspecified atom stereocenters. The van der Waals surface area contributed by atoms with Gasteiger partial charge in [0, 0.05) is 19.6 Å². The molecule has 0 spiro atoms. The molecule has 3 rings (SSSR count). The van der Waals surface area contributed by atoms with E-state index in [1.54, 1.807) is 0 Å². The highest BCUT2D eigenvalue weighted by Crippen LogP contribution is 2.55. The molecule has 0 saturated heterocycles. The summed E-state index contributed by atoms with van der Waals surface area (Å²) < 4.78 is 10.7. The van der Waals surface area contributed by atoms with Gasteiger partial charge in [0.15, 0.2) is 5.60 Å². The Morgan fingerprint density at radius 1 is 1.33 bits per heavy atom. The van der Waals surface area contributed by atoms with Gasteiger partial charge in [0.05, 0.1) is 12.7 Å². The summed E-state index contributed by atoms with van der Waals surface area (Å²) in [7, 11) is 1.49. The van der Waals surface area contributed by atoms with E-state index in [1.165, 1.54) is 27.0 Å². The van der Waals surface area contributed by atoms with Crippen LogP contribution in [0.4, 0.5) is 0 Å². The molecular weight excluding hydrogens is 388 g/mol. The monoisotopic (exact) mass is 422 g/mol. The van der Waals surface area contributed by atoms with Gasteiger partial charge in [0.1, 0.15) is 5.60 Å². The fourth-order valence-corrected chi connectivity index (χ4v) is 5.68. The van der Waals surface area contributed by atoms with Gasteiger partial charge >= 0.3 is 5.97 Å². The smallest absolute Gasteiger partial charge is 0.303 e. The molecule has 3 N–H and O–H groups in total. The van der Waals surface area contributed by atoms with Crippen molar-refractivity contribution in [1.82, 2.24) is 0 Å². The second-order valence-corrected chi connectivity index (χ2v) is 9.61. The number of carbonyl (C=O) groups is 2. The topological polar surface area (TPSA) is 113 Å². The van der Waals surface area contributed by atoms with Crippen LogP contribution in [-0.2, 0) is 19.1 Å². The van der Waals surface area contributed by atoms with E-state index >= 15 is 0 Å². The Morgan fingerprint density at radius 3 is 2.50 bits per heavy atom. The molecule has 0 heterocycles. The summed E-state index contributed by atoms with van der Waals surface area (Å²) in [6.45, 7) is 8.23. The number of carbonyl (C=O) groups excluding carboxylic acids is 2. The van der Waals surface area contributed by atoms with Crippen molar-refractivity contribution < 1.29 is 34.4 Å². The van der Waals surface area contributed by atoms with E-state index in [0.717, 1.165) is 0 Å². The minimum absolute atomic E-state index is 0.0303. The number of methoxy groups -OCH3 is 1. The Balaban J connectivity index is 2.33. The van der Waals surface area contributed by atoms with Crippen molar-refractivity contribution in [2.75, 3.05) is 13.7 Å². The maximum absolute atomic E-state index is 13.5. The Morgan fingerprint density at radius 2 is 1.97 bits per heavy atom. The van der Waals surface area contributed by atoms with Gasteiger partial charge in [0.25, 0.3) is 0 Å². The molecule has 0 aromatic rings. The van der Waals surface area contributed by atoms with Gasteiger partial charge in [-0.2, -0.15) is 0 Å². The zero-order chi connectivity index (χ0) is 22.6. The van der Waals surface area contributed by atoms with Crippen LogP contribution in [0.3, 0.4) is 0 Å². The number of esters is 1. The number of ether oxygens (including phenoxy) is 2.